The van der Waals surface area contributed by atoms with Crippen LogP contribution in [0.5, 0.6) is 0 Å². The summed E-state index contributed by atoms with van der Waals surface area (Å²) in [6.07, 6.45) is 6.51. The second kappa shape index (κ2) is 4.97. The molecule has 1 aliphatic carbocycles. The Balaban J connectivity index is 2.08. The van der Waals surface area contributed by atoms with Crippen LogP contribution in [0.1, 0.15) is 18.4 Å². The molecular weight excluding hydrogens is 200 g/mol. The first-order valence-electron chi connectivity index (χ1n) is 5.69. The summed E-state index contributed by atoms with van der Waals surface area (Å²) < 4.78 is 0. The highest BCUT2D eigenvalue weighted by Crippen LogP contribution is 2.28. The van der Waals surface area contributed by atoms with Crippen LogP contribution in [-0.2, 0) is 11.2 Å². The van der Waals surface area contributed by atoms with E-state index in [1.807, 2.05) is 24.3 Å². The van der Waals surface area contributed by atoms with Crippen molar-refractivity contribution in [2.24, 2.45) is 11.8 Å². The average molecular weight is 216 g/mol. The summed E-state index contributed by atoms with van der Waals surface area (Å²) in [5.41, 5.74) is 1.23. The van der Waals surface area contributed by atoms with Crippen LogP contribution in [0, 0.1) is 11.8 Å². The summed E-state index contributed by atoms with van der Waals surface area (Å²) in [5.74, 6) is -0.639. The molecule has 16 heavy (non-hydrogen) atoms. The summed E-state index contributed by atoms with van der Waals surface area (Å²) in [6, 6.07) is 10.1. The van der Waals surface area contributed by atoms with Gasteiger partial charge in [0, 0.05) is 0 Å². The maximum absolute atomic E-state index is 11.1. The van der Waals surface area contributed by atoms with Gasteiger partial charge in [0.05, 0.1) is 5.92 Å². The SMILES string of the molecule is O=C(O)[C@@H]1CC=CC[C@@H]1Cc1ccccc1. The lowest BCUT2D eigenvalue weighted by Crippen LogP contribution is -2.26. The van der Waals surface area contributed by atoms with Gasteiger partial charge in [0.2, 0.25) is 0 Å². The number of allylic oxidation sites excluding steroid dienone is 2. The third kappa shape index (κ3) is 2.51. The molecule has 2 atom stereocenters. The number of rotatable bonds is 3. The third-order valence-corrected chi connectivity index (χ3v) is 3.22. The lowest BCUT2D eigenvalue weighted by Gasteiger charge is -2.25. The molecule has 2 rings (SSSR count). The lowest BCUT2D eigenvalue weighted by molar-refractivity contribution is -0.143. The Morgan fingerprint density at radius 3 is 2.56 bits per heavy atom. The lowest BCUT2D eigenvalue weighted by atomic mass is 9.79. The molecule has 0 spiro atoms. The average Bonchev–Trinajstić information content (AvgIpc) is 2.31. The fraction of sp³-hybridized carbons (Fsp3) is 0.357. The van der Waals surface area contributed by atoms with Gasteiger partial charge in [-0.2, -0.15) is 0 Å². The van der Waals surface area contributed by atoms with E-state index < -0.39 is 5.97 Å². The van der Waals surface area contributed by atoms with E-state index in [-0.39, 0.29) is 11.8 Å². The van der Waals surface area contributed by atoms with Gasteiger partial charge in [-0.3, -0.25) is 4.79 Å². The molecule has 0 unspecified atom stereocenters. The number of hydrogen-bond acceptors (Lipinski definition) is 1. The molecule has 0 aromatic heterocycles. The van der Waals surface area contributed by atoms with E-state index in [0.717, 1.165) is 12.8 Å². The van der Waals surface area contributed by atoms with Gasteiger partial charge in [0.15, 0.2) is 0 Å². The van der Waals surface area contributed by atoms with Crippen LogP contribution < -0.4 is 0 Å². The Morgan fingerprint density at radius 1 is 1.19 bits per heavy atom. The number of carboxylic acid groups (broad SMARTS) is 1. The number of carboxylic acids is 1. The minimum absolute atomic E-state index is 0.217. The van der Waals surface area contributed by atoms with Crippen molar-refractivity contribution in [2.45, 2.75) is 19.3 Å². The summed E-state index contributed by atoms with van der Waals surface area (Å²) in [6.45, 7) is 0. The molecule has 0 heterocycles. The van der Waals surface area contributed by atoms with Gasteiger partial charge >= 0.3 is 5.97 Å². The second-order valence-corrected chi connectivity index (χ2v) is 4.34. The highest BCUT2D eigenvalue weighted by atomic mass is 16.4. The molecule has 1 aliphatic rings. The summed E-state index contributed by atoms with van der Waals surface area (Å²) in [7, 11) is 0. The predicted molar refractivity (Wildman–Crippen MR) is 63.1 cm³/mol. The van der Waals surface area contributed by atoms with Crippen molar-refractivity contribution in [3.8, 4) is 0 Å². The van der Waals surface area contributed by atoms with Crippen molar-refractivity contribution < 1.29 is 9.90 Å². The molecule has 2 nitrogen and oxygen atoms in total. The standard InChI is InChI=1S/C14H16O2/c15-14(16)13-9-5-4-8-12(13)10-11-6-2-1-3-7-11/h1-7,12-13H,8-10H2,(H,15,16)/t12-,13-/m1/s1. The van der Waals surface area contributed by atoms with Gasteiger partial charge in [0.25, 0.3) is 0 Å². The van der Waals surface area contributed by atoms with Gasteiger partial charge in [-0.25, -0.2) is 0 Å². The minimum atomic E-state index is -0.662. The second-order valence-electron chi connectivity index (χ2n) is 4.34. The van der Waals surface area contributed by atoms with Crippen molar-refractivity contribution in [3.63, 3.8) is 0 Å². The maximum atomic E-state index is 11.1. The van der Waals surface area contributed by atoms with Gasteiger partial charge in [-0.1, -0.05) is 42.5 Å². The molecule has 0 bridgehead atoms. The monoisotopic (exact) mass is 216 g/mol. The van der Waals surface area contributed by atoms with E-state index in [1.165, 1.54) is 5.56 Å². The number of carbonyl (C=O) groups is 1. The van der Waals surface area contributed by atoms with Crippen LogP contribution >= 0.6 is 0 Å². The van der Waals surface area contributed by atoms with Gasteiger partial charge in [-0.05, 0) is 30.7 Å². The minimum Gasteiger partial charge on any atom is -0.481 e. The first-order chi connectivity index (χ1) is 7.77. The van der Waals surface area contributed by atoms with Crippen LogP contribution in [0.2, 0.25) is 0 Å². The van der Waals surface area contributed by atoms with E-state index in [2.05, 4.69) is 18.2 Å². The van der Waals surface area contributed by atoms with Crippen molar-refractivity contribution >= 4 is 5.97 Å². The molecule has 1 aromatic carbocycles. The molecule has 0 saturated heterocycles. The zero-order valence-corrected chi connectivity index (χ0v) is 9.17. The first kappa shape index (κ1) is 10.9. The van der Waals surface area contributed by atoms with Crippen molar-refractivity contribution in [2.75, 3.05) is 0 Å². The molecule has 1 aromatic rings. The predicted octanol–water partition coefficient (Wildman–Crippen LogP) is 2.90. The smallest absolute Gasteiger partial charge is 0.307 e. The highest BCUT2D eigenvalue weighted by Gasteiger charge is 2.28. The molecule has 0 saturated carbocycles. The normalized spacial score (nSPS) is 24.2. The van der Waals surface area contributed by atoms with E-state index in [9.17, 15) is 4.79 Å². The van der Waals surface area contributed by atoms with E-state index in [4.69, 9.17) is 5.11 Å². The van der Waals surface area contributed by atoms with Crippen molar-refractivity contribution in [1.29, 1.82) is 0 Å². The Morgan fingerprint density at radius 2 is 1.88 bits per heavy atom. The summed E-state index contributed by atoms with van der Waals surface area (Å²) >= 11 is 0. The number of benzene rings is 1. The fourth-order valence-corrected chi connectivity index (χ4v) is 2.32. The van der Waals surface area contributed by atoms with Crippen LogP contribution in [0.15, 0.2) is 42.5 Å². The molecule has 2 heteroatoms. The Kier molecular flexibility index (Phi) is 3.40. The van der Waals surface area contributed by atoms with Gasteiger partial charge < -0.3 is 5.11 Å². The van der Waals surface area contributed by atoms with Gasteiger partial charge in [-0.15, -0.1) is 0 Å². The van der Waals surface area contributed by atoms with Crippen molar-refractivity contribution in [1.82, 2.24) is 0 Å². The van der Waals surface area contributed by atoms with Crippen LogP contribution in [0.3, 0.4) is 0 Å². The number of hydrogen-bond donors (Lipinski definition) is 1. The molecule has 0 amide bonds. The van der Waals surface area contributed by atoms with E-state index >= 15 is 0 Å². The maximum Gasteiger partial charge on any atom is 0.307 e. The van der Waals surface area contributed by atoms with E-state index in [0.29, 0.717) is 6.42 Å². The number of aliphatic carboxylic acids is 1. The van der Waals surface area contributed by atoms with Gasteiger partial charge in [0.1, 0.15) is 0 Å². The largest absolute Gasteiger partial charge is 0.481 e. The first-order valence-corrected chi connectivity index (χ1v) is 5.69. The molecule has 0 fully saturated rings. The van der Waals surface area contributed by atoms with Crippen molar-refractivity contribution in [3.05, 3.63) is 48.0 Å². The zero-order chi connectivity index (χ0) is 11.4. The zero-order valence-electron chi connectivity index (χ0n) is 9.17. The Labute approximate surface area is 95.6 Å². The van der Waals surface area contributed by atoms with Crippen LogP contribution in [0.4, 0.5) is 0 Å². The molecule has 1 N–H and O–H groups in total. The molecule has 0 radical (unpaired) electrons. The van der Waals surface area contributed by atoms with E-state index in [1.54, 1.807) is 0 Å². The summed E-state index contributed by atoms with van der Waals surface area (Å²) in [5, 5.41) is 9.15. The Bertz CT molecular complexity index is 381. The molecular formula is C14H16O2. The highest BCUT2D eigenvalue weighted by molar-refractivity contribution is 5.71. The molecule has 84 valence electrons. The fourth-order valence-electron chi connectivity index (χ4n) is 2.32. The Hall–Kier alpha value is -1.57. The summed E-state index contributed by atoms with van der Waals surface area (Å²) in [4.78, 5) is 11.1. The topological polar surface area (TPSA) is 37.3 Å². The quantitative estimate of drug-likeness (QED) is 0.789. The van der Waals surface area contributed by atoms with Crippen LogP contribution in [0.25, 0.3) is 0 Å². The van der Waals surface area contributed by atoms with Crippen LogP contribution in [-0.4, -0.2) is 11.1 Å². The molecule has 0 aliphatic heterocycles. The third-order valence-electron chi connectivity index (χ3n) is 3.22.